The zero-order valence-electron chi connectivity index (χ0n) is 16.6. The van der Waals surface area contributed by atoms with Gasteiger partial charge in [-0.05, 0) is 48.5 Å². The molecule has 0 spiro atoms. The molecule has 0 saturated carbocycles. The van der Waals surface area contributed by atoms with Crippen LogP contribution < -0.4 is 19.5 Å². The van der Waals surface area contributed by atoms with Gasteiger partial charge in [-0.15, -0.1) is 0 Å². The first-order chi connectivity index (χ1) is 15.2. The second-order valence-corrected chi connectivity index (χ2v) is 8.90. The average molecular weight is 497 g/mol. The van der Waals surface area contributed by atoms with E-state index in [1.54, 1.807) is 12.1 Å². The normalized spacial score (nSPS) is 11.0. The van der Waals surface area contributed by atoms with Gasteiger partial charge in [0.15, 0.2) is 18.1 Å². The van der Waals surface area contributed by atoms with E-state index in [2.05, 4.69) is 10.0 Å². The molecule has 0 fully saturated rings. The summed E-state index contributed by atoms with van der Waals surface area (Å²) < 4.78 is 38.4. The molecule has 0 unspecified atom stereocenters. The van der Waals surface area contributed by atoms with E-state index in [1.165, 1.54) is 55.6 Å². The highest BCUT2D eigenvalue weighted by atomic mass is 35.5. The number of aromatic hydroxyl groups is 1. The maximum Gasteiger partial charge on any atom is 0.262 e. The van der Waals surface area contributed by atoms with Crippen molar-refractivity contribution in [3.63, 3.8) is 0 Å². The van der Waals surface area contributed by atoms with Crippen LogP contribution in [0.2, 0.25) is 10.0 Å². The second kappa shape index (κ2) is 9.99. The number of anilines is 2. The summed E-state index contributed by atoms with van der Waals surface area (Å²) in [6.45, 7) is -0.367. The van der Waals surface area contributed by atoms with Gasteiger partial charge in [-0.25, -0.2) is 8.42 Å². The Balaban J connectivity index is 1.75. The number of sulfonamides is 1. The summed E-state index contributed by atoms with van der Waals surface area (Å²) in [7, 11) is -2.64. The average Bonchev–Trinajstić information content (AvgIpc) is 2.75. The fourth-order valence-corrected chi connectivity index (χ4v) is 4.08. The van der Waals surface area contributed by atoms with Crippen LogP contribution in [0.15, 0.2) is 65.6 Å². The van der Waals surface area contributed by atoms with Crippen LogP contribution >= 0.6 is 23.2 Å². The van der Waals surface area contributed by atoms with Crippen LogP contribution in [-0.4, -0.2) is 33.1 Å². The summed E-state index contributed by atoms with van der Waals surface area (Å²) in [6, 6.07) is 14.6. The molecule has 0 aliphatic carbocycles. The number of hydrogen-bond donors (Lipinski definition) is 3. The van der Waals surface area contributed by atoms with Crippen LogP contribution in [0.3, 0.4) is 0 Å². The van der Waals surface area contributed by atoms with Crippen molar-refractivity contribution in [3.05, 3.63) is 70.7 Å². The summed E-state index contributed by atoms with van der Waals surface area (Å²) in [6.07, 6.45) is 0. The van der Waals surface area contributed by atoms with Crippen LogP contribution in [0.5, 0.6) is 17.2 Å². The number of hydrogen-bond acceptors (Lipinski definition) is 6. The minimum atomic E-state index is -4.02. The SMILES string of the molecule is COc1ccc(NC(=O)COc2ccccc2O)cc1NS(=O)(=O)c1ccc(Cl)c(Cl)c1. The van der Waals surface area contributed by atoms with E-state index in [0.29, 0.717) is 5.69 Å². The van der Waals surface area contributed by atoms with E-state index in [1.807, 2.05) is 0 Å². The largest absolute Gasteiger partial charge is 0.504 e. The fraction of sp³-hybridized carbons (Fsp3) is 0.0952. The van der Waals surface area contributed by atoms with Gasteiger partial charge >= 0.3 is 0 Å². The van der Waals surface area contributed by atoms with Gasteiger partial charge in [0.05, 0.1) is 27.7 Å². The van der Waals surface area contributed by atoms with Gasteiger partial charge in [-0.1, -0.05) is 35.3 Å². The van der Waals surface area contributed by atoms with E-state index >= 15 is 0 Å². The van der Waals surface area contributed by atoms with Gasteiger partial charge in [0, 0.05) is 5.69 Å². The van der Waals surface area contributed by atoms with Crippen LogP contribution in [-0.2, 0) is 14.8 Å². The monoisotopic (exact) mass is 496 g/mol. The van der Waals surface area contributed by atoms with Gasteiger partial charge in [0.2, 0.25) is 0 Å². The molecule has 168 valence electrons. The highest BCUT2D eigenvalue weighted by Gasteiger charge is 2.19. The zero-order chi connectivity index (χ0) is 23.3. The molecular formula is C21H18Cl2N2O6S. The third-order valence-corrected chi connectivity index (χ3v) is 6.26. The third-order valence-electron chi connectivity index (χ3n) is 4.15. The van der Waals surface area contributed by atoms with Gasteiger partial charge in [-0.2, -0.15) is 0 Å². The molecule has 0 heterocycles. The Morgan fingerprint density at radius 1 is 1.00 bits per heavy atom. The molecule has 8 nitrogen and oxygen atoms in total. The topological polar surface area (TPSA) is 114 Å². The zero-order valence-corrected chi connectivity index (χ0v) is 19.0. The van der Waals surface area contributed by atoms with Crippen molar-refractivity contribution in [1.29, 1.82) is 0 Å². The van der Waals surface area contributed by atoms with Crippen LogP contribution in [0.25, 0.3) is 0 Å². The molecule has 0 bridgehead atoms. The minimum absolute atomic E-state index is 0.0898. The van der Waals surface area contributed by atoms with Crippen LogP contribution in [0.4, 0.5) is 11.4 Å². The van der Waals surface area contributed by atoms with Crippen molar-refractivity contribution in [1.82, 2.24) is 0 Å². The third kappa shape index (κ3) is 5.76. The predicted octanol–water partition coefficient (Wildman–Crippen LogP) is 4.53. The fourth-order valence-electron chi connectivity index (χ4n) is 2.63. The molecule has 0 radical (unpaired) electrons. The number of carbonyl (C=O) groups is 1. The molecule has 1 amide bonds. The number of phenols is 1. The number of nitrogens with one attached hydrogen (secondary N) is 2. The molecule has 32 heavy (non-hydrogen) atoms. The Morgan fingerprint density at radius 3 is 2.44 bits per heavy atom. The Hall–Kier alpha value is -3.14. The molecule has 3 rings (SSSR count). The Bertz CT molecular complexity index is 1250. The van der Waals surface area contributed by atoms with Crippen LogP contribution in [0, 0.1) is 0 Å². The summed E-state index contributed by atoms with van der Waals surface area (Å²) in [5.74, 6) is -0.218. The first kappa shape index (κ1) is 23.5. The molecule has 3 aromatic rings. The molecule has 0 saturated heterocycles. The highest BCUT2D eigenvalue weighted by Crippen LogP contribution is 2.31. The number of benzene rings is 3. The number of rotatable bonds is 8. The molecule has 0 aromatic heterocycles. The molecular weight excluding hydrogens is 479 g/mol. The lowest BCUT2D eigenvalue weighted by Crippen LogP contribution is -2.20. The van der Waals surface area contributed by atoms with E-state index < -0.39 is 15.9 Å². The second-order valence-electron chi connectivity index (χ2n) is 6.40. The molecule has 3 aromatic carbocycles. The van der Waals surface area contributed by atoms with Crippen molar-refractivity contribution in [2.24, 2.45) is 0 Å². The molecule has 11 heteroatoms. The highest BCUT2D eigenvalue weighted by molar-refractivity contribution is 7.92. The minimum Gasteiger partial charge on any atom is -0.504 e. The molecule has 0 aliphatic rings. The number of phenolic OH excluding ortho intramolecular Hbond substituents is 1. The lowest BCUT2D eigenvalue weighted by Gasteiger charge is -2.14. The maximum absolute atomic E-state index is 12.8. The van der Waals surface area contributed by atoms with Gasteiger partial charge in [0.1, 0.15) is 5.75 Å². The van der Waals surface area contributed by atoms with Gasteiger partial charge in [-0.3, -0.25) is 9.52 Å². The predicted molar refractivity (Wildman–Crippen MR) is 122 cm³/mol. The lowest BCUT2D eigenvalue weighted by molar-refractivity contribution is -0.118. The Labute approximate surface area is 194 Å². The summed E-state index contributed by atoms with van der Waals surface area (Å²) in [4.78, 5) is 12.1. The van der Waals surface area contributed by atoms with Crippen LogP contribution in [0.1, 0.15) is 0 Å². The summed E-state index contributed by atoms with van der Waals surface area (Å²) in [5, 5.41) is 12.6. The van der Waals surface area contributed by atoms with E-state index in [4.69, 9.17) is 32.7 Å². The Morgan fingerprint density at radius 2 is 1.75 bits per heavy atom. The smallest absolute Gasteiger partial charge is 0.262 e. The molecule has 0 atom stereocenters. The molecule has 0 aliphatic heterocycles. The van der Waals surface area contributed by atoms with Gasteiger partial charge in [0.25, 0.3) is 15.9 Å². The standard InChI is InChI=1S/C21H18Cl2N2O6S/c1-30-19-9-6-13(24-21(27)12-31-20-5-3-2-4-18(20)26)10-17(19)25-32(28,29)14-7-8-15(22)16(23)11-14/h2-11,25-26H,12H2,1H3,(H,24,27). The van der Waals surface area contributed by atoms with Crippen molar-refractivity contribution in [2.45, 2.75) is 4.90 Å². The quantitative estimate of drug-likeness (QED) is 0.422. The number of methoxy groups -OCH3 is 1. The first-order valence-electron chi connectivity index (χ1n) is 9.06. The number of para-hydroxylation sites is 2. The summed E-state index contributed by atoms with van der Waals surface area (Å²) in [5.41, 5.74) is 0.390. The number of halogens is 2. The van der Waals surface area contributed by atoms with Crippen molar-refractivity contribution in [2.75, 3.05) is 23.8 Å². The Kier molecular flexibility index (Phi) is 7.34. The van der Waals surface area contributed by atoms with Crippen molar-refractivity contribution < 1.29 is 27.8 Å². The van der Waals surface area contributed by atoms with E-state index in [-0.39, 0.29) is 44.5 Å². The maximum atomic E-state index is 12.8. The number of ether oxygens (including phenoxy) is 2. The first-order valence-corrected chi connectivity index (χ1v) is 11.3. The number of carbonyl (C=O) groups excluding carboxylic acids is 1. The van der Waals surface area contributed by atoms with E-state index in [0.717, 1.165) is 0 Å². The van der Waals surface area contributed by atoms with Crippen molar-refractivity contribution in [3.8, 4) is 17.2 Å². The van der Waals surface area contributed by atoms with E-state index in [9.17, 15) is 18.3 Å². The summed E-state index contributed by atoms with van der Waals surface area (Å²) >= 11 is 11.8. The van der Waals surface area contributed by atoms with Crippen molar-refractivity contribution >= 4 is 50.5 Å². The van der Waals surface area contributed by atoms with Gasteiger partial charge < -0.3 is 19.9 Å². The number of amides is 1. The molecule has 3 N–H and O–H groups in total. The lowest BCUT2D eigenvalue weighted by atomic mass is 10.2.